The van der Waals surface area contributed by atoms with Crippen molar-refractivity contribution in [1.82, 2.24) is 29.5 Å². The van der Waals surface area contributed by atoms with Gasteiger partial charge in [-0.25, -0.2) is 24.9 Å². The van der Waals surface area contributed by atoms with Crippen LogP contribution in [0, 0.1) is 6.92 Å². The van der Waals surface area contributed by atoms with Crippen molar-refractivity contribution >= 4 is 39.5 Å². The Morgan fingerprint density at radius 3 is 2.76 bits per heavy atom. The van der Waals surface area contributed by atoms with Crippen molar-refractivity contribution in [2.45, 2.75) is 25.8 Å². The predicted octanol–water partition coefficient (Wildman–Crippen LogP) is 4.73. The molecule has 1 aliphatic carbocycles. The van der Waals surface area contributed by atoms with Crippen molar-refractivity contribution in [3.63, 3.8) is 0 Å². The van der Waals surface area contributed by atoms with Crippen LogP contribution in [-0.4, -0.2) is 35.5 Å². The first-order valence-electron chi connectivity index (χ1n) is 10.8. The van der Waals surface area contributed by atoms with Crippen LogP contribution in [0.15, 0.2) is 55.2 Å². The van der Waals surface area contributed by atoms with E-state index in [2.05, 4.69) is 35.6 Å². The molecule has 164 valence electrons. The highest BCUT2D eigenvalue weighted by molar-refractivity contribution is 5.87. The minimum atomic E-state index is 0.470. The number of rotatable bonds is 6. The first-order chi connectivity index (χ1) is 16.1. The Balaban J connectivity index is 1.25. The van der Waals surface area contributed by atoms with E-state index in [0.717, 1.165) is 46.6 Å². The molecular weight excluding hydrogens is 416 g/mol. The maximum atomic E-state index is 6.13. The molecule has 0 atom stereocenters. The molecule has 0 spiro atoms. The second-order valence-corrected chi connectivity index (χ2v) is 8.28. The smallest absolute Gasteiger partial charge is 0.223 e. The van der Waals surface area contributed by atoms with Gasteiger partial charge in [0.2, 0.25) is 5.95 Å². The van der Waals surface area contributed by atoms with Crippen LogP contribution in [0.1, 0.15) is 18.4 Å². The van der Waals surface area contributed by atoms with E-state index in [0.29, 0.717) is 28.8 Å². The molecule has 33 heavy (non-hydrogen) atoms. The van der Waals surface area contributed by atoms with Gasteiger partial charge in [-0.2, -0.15) is 0 Å². The van der Waals surface area contributed by atoms with E-state index in [4.69, 9.17) is 4.74 Å². The summed E-state index contributed by atoms with van der Waals surface area (Å²) in [7, 11) is 1.98. The van der Waals surface area contributed by atoms with Crippen LogP contribution < -0.4 is 15.4 Å². The molecular formula is C24H22N8O. The average molecular weight is 438 g/mol. The molecule has 2 aromatic carbocycles. The lowest BCUT2D eigenvalue weighted by molar-refractivity contribution is 0.479. The number of nitrogens with one attached hydrogen (secondary N) is 2. The topological polar surface area (TPSA) is 103 Å². The molecule has 1 aliphatic rings. The summed E-state index contributed by atoms with van der Waals surface area (Å²) in [6.07, 6.45) is 7.34. The van der Waals surface area contributed by atoms with Crippen LogP contribution in [0.3, 0.4) is 0 Å². The fraction of sp³-hybridized carbons (Fsp3) is 0.208. The molecule has 0 radical (unpaired) electrons. The summed E-state index contributed by atoms with van der Waals surface area (Å²) in [6.45, 7) is 2.01. The molecule has 6 rings (SSSR count). The third kappa shape index (κ3) is 3.89. The number of hydrogen-bond acceptors (Lipinski definition) is 8. The van der Waals surface area contributed by atoms with Crippen molar-refractivity contribution in [3.05, 3.63) is 60.8 Å². The van der Waals surface area contributed by atoms with Gasteiger partial charge in [0.25, 0.3) is 0 Å². The number of ether oxygens (including phenoxy) is 1. The van der Waals surface area contributed by atoms with Gasteiger partial charge >= 0.3 is 0 Å². The van der Waals surface area contributed by atoms with E-state index >= 15 is 0 Å². The Morgan fingerprint density at radius 1 is 1.00 bits per heavy atom. The van der Waals surface area contributed by atoms with Crippen LogP contribution in [0.4, 0.5) is 17.5 Å². The van der Waals surface area contributed by atoms with Crippen molar-refractivity contribution in [2.24, 2.45) is 7.05 Å². The van der Waals surface area contributed by atoms with E-state index in [1.807, 2.05) is 54.9 Å². The first-order valence-corrected chi connectivity index (χ1v) is 10.8. The van der Waals surface area contributed by atoms with E-state index in [1.165, 1.54) is 6.33 Å². The largest absolute Gasteiger partial charge is 0.457 e. The van der Waals surface area contributed by atoms with E-state index < -0.39 is 0 Å². The summed E-state index contributed by atoms with van der Waals surface area (Å²) in [5, 5.41) is 6.69. The van der Waals surface area contributed by atoms with Crippen LogP contribution in [0.25, 0.3) is 22.1 Å². The molecule has 0 amide bonds. The fourth-order valence-electron chi connectivity index (χ4n) is 3.71. The van der Waals surface area contributed by atoms with Crippen molar-refractivity contribution < 1.29 is 4.74 Å². The normalized spacial score (nSPS) is 13.4. The SMILES string of the molecule is Cc1cc(Nc2ncnc3cnc(NC4CC4)nc23)ccc1Oc1ccc2c(c1)ncn2C. The number of nitrogens with zero attached hydrogens (tertiary/aromatic N) is 6. The molecule has 3 aromatic heterocycles. The standard InChI is InChI=1S/C24H22N8O/c1-14-9-16(5-8-21(14)33-17-6-7-20-18(10-17)28-13-32(20)2)29-23-22-19(26-12-27-23)11-25-24(31-22)30-15-3-4-15/h5-13,15H,3-4H2,1-2H3,(H,25,30,31)(H,26,27,29). The van der Waals surface area contributed by atoms with Gasteiger partial charge in [-0.05, 0) is 55.7 Å². The molecule has 3 heterocycles. The van der Waals surface area contributed by atoms with Crippen molar-refractivity contribution in [1.29, 1.82) is 0 Å². The number of hydrogen-bond donors (Lipinski definition) is 2. The summed E-state index contributed by atoms with van der Waals surface area (Å²) < 4.78 is 8.11. The van der Waals surface area contributed by atoms with Gasteiger partial charge in [0, 0.05) is 24.8 Å². The van der Waals surface area contributed by atoms with E-state index in [-0.39, 0.29) is 0 Å². The number of benzene rings is 2. The van der Waals surface area contributed by atoms with Gasteiger partial charge in [-0.15, -0.1) is 0 Å². The summed E-state index contributed by atoms with van der Waals surface area (Å²) in [6, 6.07) is 12.3. The molecule has 5 aromatic rings. The number of aryl methyl sites for hydroxylation is 2. The van der Waals surface area contributed by atoms with Crippen LogP contribution >= 0.6 is 0 Å². The van der Waals surface area contributed by atoms with Crippen LogP contribution in [0.2, 0.25) is 0 Å². The monoisotopic (exact) mass is 438 g/mol. The van der Waals surface area contributed by atoms with Gasteiger partial charge in [-0.1, -0.05) is 0 Å². The lowest BCUT2D eigenvalue weighted by atomic mass is 10.2. The Hall–Kier alpha value is -4.27. The van der Waals surface area contributed by atoms with E-state index in [1.54, 1.807) is 12.5 Å². The highest BCUT2D eigenvalue weighted by Crippen LogP contribution is 2.31. The summed E-state index contributed by atoms with van der Waals surface area (Å²) >= 11 is 0. The van der Waals surface area contributed by atoms with Gasteiger partial charge in [0.15, 0.2) is 5.82 Å². The minimum absolute atomic E-state index is 0.470. The van der Waals surface area contributed by atoms with Gasteiger partial charge < -0.3 is 19.9 Å². The predicted molar refractivity (Wildman–Crippen MR) is 127 cm³/mol. The van der Waals surface area contributed by atoms with Crippen LogP contribution in [0.5, 0.6) is 11.5 Å². The van der Waals surface area contributed by atoms with E-state index in [9.17, 15) is 0 Å². The molecule has 1 saturated carbocycles. The minimum Gasteiger partial charge on any atom is -0.457 e. The van der Waals surface area contributed by atoms with Crippen LogP contribution in [-0.2, 0) is 7.05 Å². The maximum absolute atomic E-state index is 6.13. The molecule has 0 saturated heterocycles. The molecule has 0 unspecified atom stereocenters. The Bertz CT molecular complexity index is 1490. The molecule has 9 heteroatoms. The lowest BCUT2D eigenvalue weighted by Crippen LogP contribution is -2.06. The quantitative estimate of drug-likeness (QED) is 0.392. The summed E-state index contributed by atoms with van der Waals surface area (Å²) in [4.78, 5) is 22.1. The fourth-order valence-corrected chi connectivity index (χ4v) is 3.71. The Kier molecular flexibility index (Phi) is 4.53. The number of aromatic nitrogens is 6. The zero-order valence-corrected chi connectivity index (χ0v) is 18.3. The van der Waals surface area contributed by atoms with Gasteiger partial charge in [0.1, 0.15) is 28.9 Å². The second kappa shape index (κ2) is 7.70. The molecule has 9 nitrogen and oxygen atoms in total. The highest BCUT2D eigenvalue weighted by Gasteiger charge is 2.22. The molecule has 1 fully saturated rings. The summed E-state index contributed by atoms with van der Waals surface area (Å²) in [5.74, 6) is 2.77. The van der Waals surface area contributed by atoms with Crippen molar-refractivity contribution in [2.75, 3.05) is 10.6 Å². The number of anilines is 3. The highest BCUT2D eigenvalue weighted by atomic mass is 16.5. The third-order valence-electron chi connectivity index (χ3n) is 5.65. The molecule has 0 aliphatic heterocycles. The van der Waals surface area contributed by atoms with Gasteiger partial charge in [0.05, 0.1) is 23.6 Å². The number of fused-ring (bicyclic) bond motifs is 2. The zero-order chi connectivity index (χ0) is 22.4. The third-order valence-corrected chi connectivity index (χ3v) is 5.65. The second-order valence-electron chi connectivity index (χ2n) is 8.28. The average Bonchev–Trinajstić information content (AvgIpc) is 3.56. The summed E-state index contributed by atoms with van der Waals surface area (Å²) in [5.41, 5.74) is 5.21. The maximum Gasteiger partial charge on any atom is 0.223 e. The first kappa shape index (κ1) is 19.4. The number of imidazole rings is 1. The lowest BCUT2D eigenvalue weighted by Gasteiger charge is -2.12. The molecule has 2 N–H and O–H groups in total. The Labute approximate surface area is 189 Å². The zero-order valence-electron chi connectivity index (χ0n) is 18.3. The van der Waals surface area contributed by atoms with Crippen molar-refractivity contribution in [3.8, 4) is 11.5 Å². The van der Waals surface area contributed by atoms with Gasteiger partial charge in [-0.3, -0.25) is 0 Å². The Morgan fingerprint density at radius 2 is 1.91 bits per heavy atom. The molecule has 0 bridgehead atoms.